The maximum Gasteiger partial charge on any atom is 0.416 e. The van der Waals surface area contributed by atoms with Gasteiger partial charge in [0.2, 0.25) is 0 Å². The smallest absolute Gasteiger partial charge is 0.416 e. The molecular formula is C26H26F3N3O4S. The maximum atomic E-state index is 13.3. The van der Waals surface area contributed by atoms with Crippen LogP contribution in [0, 0.1) is 5.92 Å². The fourth-order valence-electron chi connectivity index (χ4n) is 3.13. The summed E-state index contributed by atoms with van der Waals surface area (Å²) in [5.41, 5.74) is 1.51. The number of nitrogens with one attached hydrogen (secondary N) is 1. The van der Waals surface area contributed by atoms with Gasteiger partial charge in [0.15, 0.2) is 0 Å². The molecule has 1 N–H and O–H groups in total. The standard InChI is InChI=1S/C26H26F3N3O4S/c1-19(2)18-36-23-13-11-20(12-14-23)16-30-31-25(33)17-32(37(34,35)24-9-4-3-5-10-24)22-8-6-7-21(15-22)26(27,28)29/h3-16,19H,17-18H2,1-2H3,(H,31,33)/b30-16-. The van der Waals surface area contributed by atoms with Gasteiger partial charge in [0.05, 0.1) is 29.0 Å². The second-order valence-corrected chi connectivity index (χ2v) is 10.3. The van der Waals surface area contributed by atoms with E-state index in [0.29, 0.717) is 34.2 Å². The number of halogens is 3. The van der Waals surface area contributed by atoms with Crippen LogP contribution in [0.25, 0.3) is 0 Å². The molecule has 0 aliphatic heterocycles. The number of hydrogen-bond acceptors (Lipinski definition) is 5. The molecule has 0 aliphatic rings. The summed E-state index contributed by atoms with van der Waals surface area (Å²) >= 11 is 0. The van der Waals surface area contributed by atoms with Crippen LogP contribution in [0.1, 0.15) is 25.0 Å². The molecule has 0 saturated carbocycles. The number of rotatable bonds is 10. The molecule has 0 saturated heterocycles. The zero-order valence-electron chi connectivity index (χ0n) is 20.1. The predicted molar refractivity (Wildman–Crippen MR) is 135 cm³/mol. The van der Waals surface area contributed by atoms with Gasteiger partial charge in [-0.15, -0.1) is 0 Å². The number of amides is 1. The molecule has 0 unspecified atom stereocenters. The summed E-state index contributed by atoms with van der Waals surface area (Å²) < 4.78 is 72.6. The normalized spacial score (nSPS) is 12.1. The Hall–Kier alpha value is -3.86. The molecule has 0 aliphatic carbocycles. The zero-order chi connectivity index (χ0) is 27.1. The van der Waals surface area contributed by atoms with Crippen LogP contribution in [0.3, 0.4) is 0 Å². The Morgan fingerprint density at radius 3 is 2.32 bits per heavy atom. The van der Waals surface area contributed by atoms with Gasteiger partial charge >= 0.3 is 6.18 Å². The number of anilines is 1. The lowest BCUT2D eigenvalue weighted by atomic mass is 10.2. The highest BCUT2D eigenvalue weighted by atomic mass is 32.2. The van der Waals surface area contributed by atoms with Crippen molar-refractivity contribution in [1.82, 2.24) is 5.43 Å². The Morgan fingerprint density at radius 1 is 1.03 bits per heavy atom. The van der Waals surface area contributed by atoms with Gasteiger partial charge in [0.25, 0.3) is 15.9 Å². The monoisotopic (exact) mass is 533 g/mol. The third-order valence-electron chi connectivity index (χ3n) is 4.95. The molecular weight excluding hydrogens is 507 g/mol. The molecule has 1 amide bonds. The Bertz CT molecular complexity index is 1330. The quantitative estimate of drug-likeness (QED) is 0.291. The topological polar surface area (TPSA) is 88.1 Å². The number of carbonyl (C=O) groups excluding carboxylic acids is 1. The molecule has 0 bridgehead atoms. The molecule has 0 fully saturated rings. The van der Waals surface area contributed by atoms with Gasteiger partial charge in [0.1, 0.15) is 12.3 Å². The molecule has 0 radical (unpaired) electrons. The lowest BCUT2D eigenvalue weighted by Gasteiger charge is -2.24. The summed E-state index contributed by atoms with van der Waals surface area (Å²) in [6, 6.07) is 17.8. The Morgan fingerprint density at radius 2 is 1.70 bits per heavy atom. The molecule has 3 rings (SSSR count). The SMILES string of the molecule is CC(C)COc1ccc(/C=N\NC(=O)CN(c2cccc(C(F)(F)F)c2)S(=O)(=O)c2ccccc2)cc1. The van der Waals surface area contributed by atoms with Crippen molar-refractivity contribution in [3.05, 3.63) is 90.0 Å². The summed E-state index contributed by atoms with van der Waals surface area (Å²) in [6.07, 6.45) is -3.34. The van der Waals surface area contributed by atoms with E-state index in [9.17, 15) is 26.4 Å². The number of ether oxygens (including phenoxy) is 1. The minimum atomic E-state index is -4.69. The van der Waals surface area contributed by atoms with Gasteiger partial charge in [-0.05, 0) is 66.1 Å². The van der Waals surface area contributed by atoms with Crippen molar-refractivity contribution in [3.8, 4) is 5.75 Å². The molecule has 7 nitrogen and oxygen atoms in total. The summed E-state index contributed by atoms with van der Waals surface area (Å²) in [5.74, 6) is 0.209. The minimum Gasteiger partial charge on any atom is -0.493 e. The number of hydrogen-bond donors (Lipinski definition) is 1. The number of nitrogens with zero attached hydrogens (tertiary/aromatic N) is 2. The largest absolute Gasteiger partial charge is 0.493 e. The van der Waals surface area contributed by atoms with Crippen molar-refractivity contribution in [2.24, 2.45) is 11.0 Å². The fourth-order valence-corrected chi connectivity index (χ4v) is 4.56. The second kappa shape index (κ2) is 11.9. The van der Waals surface area contributed by atoms with E-state index in [1.54, 1.807) is 30.3 Å². The molecule has 0 aromatic heterocycles. The number of sulfonamides is 1. The van der Waals surface area contributed by atoms with Crippen molar-refractivity contribution in [1.29, 1.82) is 0 Å². The first kappa shape index (κ1) is 27.7. The number of benzene rings is 3. The maximum absolute atomic E-state index is 13.3. The van der Waals surface area contributed by atoms with E-state index in [0.717, 1.165) is 12.1 Å². The van der Waals surface area contributed by atoms with Crippen molar-refractivity contribution in [2.75, 3.05) is 17.5 Å². The highest BCUT2D eigenvalue weighted by Crippen LogP contribution is 2.33. The van der Waals surface area contributed by atoms with E-state index in [2.05, 4.69) is 10.5 Å². The Balaban J connectivity index is 1.78. The van der Waals surface area contributed by atoms with Crippen molar-refractivity contribution < 1.29 is 31.1 Å². The number of alkyl halides is 3. The van der Waals surface area contributed by atoms with Crippen LogP contribution < -0.4 is 14.5 Å². The van der Waals surface area contributed by atoms with Crippen LogP contribution in [-0.2, 0) is 21.0 Å². The second-order valence-electron chi connectivity index (χ2n) is 8.44. The molecule has 196 valence electrons. The van der Waals surface area contributed by atoms with Crippen LogP contribution in [0.5, 0.6) is 5.75 Å². The van der Waals surface area contributed by atoms with Gasteiger partial charge in [-0.1, -0.05) is 38.1 Å². The molecule has 0 spiro atoms. The molecule has 0 atom stereocenters. The summed E-state index contributed by atoms with van der Waals surface area (Å²) in [7, 11) is -4.37. The van der Waals surface area contributed by atoms with Gasteiger partial charge in [-0.3, -0.25) is 9.10 Å². The molecule has 3 aromatic carbocycles. The van der Waals surface area contributed by atoms with Crippen LogP contribution in [0.2, 0.25) is 0 Å². The van der Waals surface area contributed by atoms with E-state index in [1.165, 1.54) is 36.5 Å². The summed E-state index contributed by atoms with van der Waals surface area (Å²) in [5, 5.41) is 3.84. The molecule has 37 heavy (non-hydrogen) atoms. The number of hydrazone groups is 1. The first-order valence-electron chi connectivity index (χ1n) is 11.3. The third-order valence-corrected chi connectivity index (χ3v) is 6.73. The van der Waals surface area contributed by atoms with Gasteiger partial charge in [0, 0.05) is 0 Å². The highest BCUT2D eigenvalue weighted by Gasteiger charge is 2.33. The lowest BCUT2D eigenvalue weighted by Crippen LogP contribution is -2.39. The average Bonchev–Trinajstić information content (AvgIpc) is 2.87. The van der Waals surface area contributed by atoms with Crippen molar-refractivity contribution >= 4 is 27.8 Å². The van der Waals surface area contributed by atoms with Gasteiger partial charge in [-0.2, -0.15) is 18.3 Å². The van der Waals surface area contributed by atoms with Gasteiger partial charge in [-0.25, -0.2) is 13.8 Å². The average molecular weight is 534 g/mol. The fraction of sp³-hybridized carbons (Fsp3) is 0.231. The molecule has 0 heterocycles. The van der Waals surface area contributed by atoms with E-state index in [4.69, 9.17) is 4.74 Å². The lowest BCUT2D eigenvalue weighted by molar-refractivity contribution is -0.137. The van der Waals surface area contributed by atoms with E-state index in [-0.39, 0.29) is 10.6 Å². The summed E-state index contributed by atoms with van der Waals surface area (Å²) in [4.78, 5) is 12.4. The first-order chi connectivity index (χ1) is 17.5. The third kappa shape index (κ3) is 7.81. The first-order valence-corrected chi connectivity index (χ1v) is 12.7. The van der Waals surface area contributed by atoms with E-state index < -0.39 is 34.2 Å². The number of carbonyl (C=O) groups is 1. The Kier molecular flexibility index (Phi) is 8.93. The van der Waals surface area contributed by atoms with Crippen molar-refractivity contribution in [3.63, 3.8) is 0 Å². The van der Waals surface area contributed by atoms with Crippen LogP contribution in [-0.4, -0.2) is 33.7 Å². The zero-order valence-corrected chi connectivity index (χ0v) is 21.0. The Labute approximate surface area is 213 Å². The predicted octanol–water partition coefficient (Wildman–Crippen LogP) is 5.09. The molecule has 3 aromatic rings. The van der Waals surface area contributed by atoms with Crippen LogP contribution in [0.4, 0.5) is 18.9 Å². The summed E-state index contributed by atoms with van der Waals surface area (Å²) in [6.45, 7) is 3.83. The van der Waals surface area contributed by atoms with Crippen LogP contribution >= 0.6 is 0 Å². The molecule has 11 heteroatoms. The van der Waals surface area contributed by atoms with Crippen molar-refractivity contribution in [2.45, 2.75) is 24.9 Å². The minimum absolute atomic E-state index is 0.177. The van der Waals surface area contributed by atoms with E-state index in [1.807, 2.05) is 13.8 Å². The van der Waals surface area contributed by atoms with Crippen LogP contribution in [0.15, 0.2) is 88.9 Å². The van der Waals surface area contributed by atoms with Gasteiger partial charge < -0.3 is 4.74 Å². The highest BCUT2D eigenvalue weighted by molar-refractivity contribution is 7.92. The van der Waals surface area contributed by atoms with E-state index >= 15 is 0 Å².